The zero-order valence-electron chi connectivity index (χ0n) is 13.2. The van der Waals surface area contributed by atoms with Crippen molar-refractivity contribution >= 4 is 0 Å². The second-order valence-electron chi connectivity index (χ2n) is 7.99. The highest BCUT2D eigenvalue weighted by Crippen LogP contribution is 2.48. The van der Waals surface area contributed by atoms with Crippen LogP contribution in [0.25, 0.3) is 0 Å². The molecule has 3 rings (SSSR count). The number of nitrogens with two attached hydrogens (primary N) is 2. The zero-order chi connectivity index (χ0) is 14.0. The van der Waals surface area contributed by atoms with Gasteiger partial charge in [-0.2, -0.15) is 0 Å². The Labute approximate surface area is 125 Å². The first-order chi connectivity index (χ1) is 9.70. The highest BCUT2D eigenvalue weighted by Gasteiger charge is 2.48. The minimum Gasteiger partial charge on any atom is -0.328 e. The van der Waals surface area contributed by atoms with E-state index in [1.165, 1.54) is 77.0 Å². The largest absolute Gasteiger partial charge is 0.328 e. The summed E-state index contributed by atoms with van der Waals surface area (Å²) in [7, 11) is 0. The molecule has 0 aromatic heterocycles. The summed E-state index contributed by atoms with van der Waals surface area (Å²) in [5.41, 5.74) is 13.5. The van der Waals surface area contributed by atoms with Crippen molar-refractivity contribution in [1.82, 2.24) is 0 Å². The topological polar surface area (TPSA) is 52.0 Å². The molecule has 3 fully saturated rings. The van der Waals surface area contributed by atoms with Gasteiger partial charge in [-0.3, -0.25) is 0 Å². The van der Waals surface area contributed by atoms with Gasteiger partial charge in [-0.05, 0) is 49.9 Å². The van der Waals surface area contributed by atoms with E-state index in [2.05, 4.69) is 0 Å². The third-order valence-electron chi connectivity index (χ3n) is 6.74. The Morgan fingerprint density at radius 1 is 0.700 bits per heavy atom. The van der Waals surface area contributed by atoms with Gasteiger partial charge in [0.1, 0.15) is 0 Å². The van der Waals surface area contributed by atoms with Gasteiger partial charge in [-0.1, -0.05) is 51.4 Å². The standard InChI is InChI=1S/C18H34N2/c19-16-11-12-17(14-7-3-1-4-8-14)18(20,13-16)15-9-5-2-6-10-15/h14-17H,1-13,19-20H2. The number of hydrogen-bond donors (Lipinski definition) is 2. The summed E-state index contributed by atoms with van der Waals surface area (Å²) in [5.74, 6) is 2.43. The second kappa shape index (κ2) is 6.36. The van der Waals surface area contributed by atoms with Crippen LogP contribution in [-0.2, 0) is 0 Å². The monoisotopic (exact) mass is 278 g/mol. The summed E-state index contributed by atoms with van der Waals surface area (Å²) in [4.78, 5) is 0. The molecular weight excluding hydrogens is 244 g/mol. The predicted molar refractivity (Wildman–Crippen MR) is 85.4 cm³/mol. The van der Waals surface area contributed by atoms with E-state index in [1.807, 2.05) is 0 Å². The predicted octanol–water partition coefficient (Wildman–Crippen LogP) is 3.97. The second-order valence-corrected chi connectivity index (χ2v) is 7.99. The highest BCUT2D eigenvalue weighted by molar-refractivity contribution is 5.05. The highest BCUT2D eigenvalue weighted by atomic mass is 14.8. The summed E-state index contributed by atoms with van der Waals surface area (Å²) >= 11 is 0. The molecule has 0 radical (unpaired) electrons. The molecule has 2 nitrogen and oxygen atoms in total. The molecule has 3 aliphatic carbocycles. The molecule has 4 N–H and O–H groups in total. The molecule has 0 amide bonds. The molecule has 0 aliphatic heterocycles. The van der Waals surface area contributed by atoms with Gasteiger partial charge in [-0.25, -0.2) is 0 Å². The fourth-order valence-electron chi connectivity index (χ4n) is 5.69. The van der Waals surface area contributed by atoms with Gasteiger partial charge >= 0.3 is 0 Å². The van der Waals surface area contributed by atoms with Gasteiger partial charge < -0.3 is 11.5 Å². The van der Waals surface area contributed by atoms with Gasteiger partial charge in [-0.15, -0.1) is 0 Å². The van der Waals surface area contributed by atoms with E-state index in [9.17, 15) is 0 Å². The van der Waals surface area contributed by atoms with Crippen LogP contribution in [0.4, 0.5) is 0 Å². The Morgan fingerprint density at radius 3 is 1.95 bits per heavy atom. The molecule has 0 spiro atoms. The van der Waals surface area contributed by atoms with E-state index in [0.717, 1.165) is 24.2 Å². The molecule has 3 saturated carbocycles. The van der Waals surface area contributed by atoms with Gasteiger partial charge in [0.25, 0.3) is 0 Å². The van der Waals surface area contributed by atoms with Crippen molar-refractivity contribution in [3.8, 4) is 0 Å². The smallest absolute Gasteiger partial charge is 0.0228 e. The summed E-state index contributed by atoms with van der Waals surface area (Å²) < 4.78 is 0. The van der Waals surface area contributed by atoms with E-state index in [-0.39, 0.29) is 5.54 Å². The summed E-state index contributed by atoms with van der Waals surface area (Å²) in [6.45, 7) is 0. The molecule has 0 saturated heterocycles. The van der Waals surface area contributed by atoms with Crippen LogP contribution in [0.3, 0.4) is 0 Å². The van der Waals surface area contributed by atoms with Crippen LogP contribution in [0.2, 0.25) is 0 Å². The first-order valence-electron chi connectivity index (χ1n) is 9.24. The fourth-order valence-corrected chi connectivity index (χ4v) is 5.69. The molecule has 0 bridgehead atoms. The van der Waals surface area contributed by atoms with Crippen molar-refractivity contribution in [1.29, 1.82) is 0 Å². The van der Waals surface area contributed by atoms with Crippen LogP contribution in [0.5, 0.6) is 0 Å². The summed E-state index contributed by atoms with van der Waals surface area (Å²) in [6.07, 6.45) is 17.8. The van der Waals surface area contributed by atoms with Crippen molar-refractivity contribution in [3.05, 3.63) is 0 Å². The van der Waals surface area contributed by atoms with E-state index in [1.54, 1.807) is 0 Å². The Hall–Kier alpha value is -0.0800. The quantitative estimate of drug-likeness (QED) is 0.803. The Kier molecular flexibility index (Phi) is 4.72. The van der Waals surface area contributed by atoms with Crippen molar-refractivity contribution < 1.29 is 0 Å². The first kappa shape index (κ1) is 14.8. The third kappa shape index (κ3) is 2.92. The summed E-state index contributed by atoms with van der Waals surface area (Å²) in [5, 5.41) is 0. The maximum Gasteiger partial charge on any atom is 0.0228 e. The molecule has 3 unspecified atom stereocenters. The lowest BCUT2D eigenvalue weighted by Gasteiger charge is -2.53. The molecule has 3 aliphatic rings. The molecule has 116 valence electrons. The van der Waals surface area contributed by atoms with Crippen molar-refractivity contribution in [3.63, 3.8) is 0 Å². The van der Waals surface area contributed by atoms with Crippen molar-refractivity contribution in [2.24, 2.45) is 29.2 Å². The molecule has 0 heterocycles. The Bertz CT molecular complexity index is 305. The van der Waals surface area contributed by atoms with Crippen LogP contribution in [0.1, 0.15) is 83.5 Å². The molecular formula is C18H34N2. The molecule has 3 atom stereocenters. The normalized spacial score (nSPS) is 41.7. The van der Waals surface area contributed by atoms with Crippen LogP contribution < -0.4 is 11.5 Å². The Morgan fingerprint density at radius 2 is 1.30 bits per heavy atom. The van der Waals surface area contributed by atoms with Crippen LogP contribution in [0, 0.1) is 17.8 Å². The fraction of sp³-hybridized carbons (Fsp3) is 1.00. The minimum absolute atomic E-state index is 0.0695. The molecule has 0 aromatic carbocycles. The number of hydrogen-bond acceptors (Lipinski definition) is 2. The van der Waals surface area contributed by atoms with E-state index >= 15 is 0 Å². The van der Waals surface area contributed by atoms with E-state index in [0.29, 0.717) is 6.04 Å². The lowest BCUT2D eigenvalue weighted by Crippen LogP contribution is -2.61. The zero-order valence-corrected chi connectivity index (χ0v) is 13.2. The molecule has 20 heavy (non-hydrogen) atoms. The van der Waals surface area contributed by atoms with Crippen LogP contribution in [0.15, 0.2) is 0 Å². The van der Waals surface area contributed by atoms with Gasteiger partial charge in [0.05, 0.1) is 0 Å². The molecule has 0 aromatic rings. The minimum atomic E-state index is 0.0695. The van der Waals surface area contributed by atoms with Crippen molar-refractivity contribution in [2.75, 3.05) is 0 Å². The third-order valence-corrected chi connectivity index (χ3v) is 6.74. The lowest BCUT2D eigenvalue weighted by molar-refractivity contribution is 0.0315. The number of rotatable bonds is 2. The van der Waals surface area contributed by atoms with Gasteiger partial charge in [0.2, 0.25) is 0 Å². The average Bonchev–Trinajstić information content (AvgIpc) is 2.49. The van der Waals surface area contributed by atoms with Gasteiger partial charge in [0.15, 0.2) is 0 Å². The van der Waals surface area contributed by atoms with Crippen LogP contribution in [-0.4, -0.2) is 11.6 Å². The first-order valence-corrected chi connectivity index (χ1v) is 9.24. The SMILES string of the molecule is NC1CCC(C2CCCCC2)C(N)(C2CCCCC2)C1. The summed E-state index contributed by atoms with van der Waals surface area (Å²) in [6, 6.07) is 0.363. The van der Waals surface area contributed by atoms with E-state index in [4.69, 9.17) is 11.5 Å². The maximum absolute atomic E-state index is 7.12. The van der Waals surface area contributed by atoms with E-state index < -0.39 is 0 Å². The Balaban J connectivity index is 1.77. The van der Waals surface area contributed by atoms with Gasteiger partial charge in [0, 0.05) is 11.6 Å². The molecule has 2 heteroatoms. The lowest BCUT2D eigenvalue weighted by atomic mass is 9.57. The maximum atomic E-state index is 7.12. The van der Waals surface area contributed by atoms with Crippen LogP contribution >= 0.6 is 0 Å². The van der Waals surface area contributed by atoms with Crippen molar-refractivity contribution in [2.45, 2.75) is 95.1 Å². The average molecular weight is 278 g/mol.